The van der Waals surface area contributed by atoms with Gasteiger partial charge in [-0.25, -0.2) is 9.97 Å². The highest BCUT2D eigenvalue weighted by Gasteiger charge is 2.24. The standard InChI is InChI=1S/C21H27N3O3/c1-14-12-15(2)23-21(22-14)27-18-10-8-17(9-11-18)24-20(25)13-16-6-4-5-7-19(16)26-3/h4-7,12,17-18H,8-11,13H2,1-3H3,(H,24,25). The first-order chi connectivity index (χ1) is 13.0. The van der Waals surface area contributed by atoms with Crippen molar-refractivity contribution in [3.8, 4) is 11.8 Å². The molecule has 1 N–H and O–H groups in total. The Morgan fingerprint density at radius 3 is 2.44 bits per heavy atom. The number of rotatable bonds is 6. The third kappa shape index (κ3) is 5.42. The number of ether oxygens (including phenoxy) is 2. The van der Waals surface area contributed by atoms with Crippen LogP contribution in [-0.2, 0) is 11.2 Å². The lowest BCUT2D eigenvalue weighted by Gasteiger charge is -2.29. The highest BCUT2D eigenvalue weighted by atomic mass is 16.5. The fraction of sp³-hybridized carbons (Fsp3) is 0.476. The molecule has 6 nitrogen and oxygen atoms in total. The molecule has 6 heteroatoms. The number of aromatic nitrogens is 2. The van der Waals surface area contributed by atoms with Gasteiger partial charge < -0.3 is 14.8 Å². The maximum atomic E-state index is 12.4. The van der Waals surface area contributed by atoms with E-state index in [1.807, 2.05) is 44.2 Å². The van der Waals surface area contributed by atoms with E-state index >= 15 is 0 Å². The van der Waals surface area contributed by atoms with E-state index in [4.69, 9.17) is 9.47 Å². The lowest BCUT2D eigenvalue weighted by Crippen LogP contribution is -2.40. The second-order valence-corrected chi connectivity index (χ2v) is 7.08. The van der Waals surface area contributed by atoms with E-state index < -0.39 is 0 Å². The van der Waals surface area contributed by atoms with Crippen molar-refractivity contribution in [2.24, 2.45) is 0 Å². The molecule has 1 aliphatic rings. The molecule has 0 atom stereocenters. The molecule has 0 saturated heterocycles. The van der Waals surface area contributed by atoms with Crippen LogP contribution in [0, 0.1) is 13.8 Å². The van der Waals surface area contributed by atoms with E-state index in [0.29, 0.717) is 12.4 Å². The van der Waals surface area contributed by atoms with Gasteiger partial charge in [-0.05, 0) is 51.7 Å². The maximum absolute atomic E-state index is 12.4. The number of amides is 1. The van der Waals surface area contributed by atoms with Gasteiger partial charge in [-0.2, -0.15) is 0 Å². The first-order valence-electron chi connectivity index (χ1n) is 9.43. The van der Waals surface area contributed by atoms with Crippen LogP contribution in [0.2, 0.25) is 0 Å². The van der Waals surface area contributed by atoms with Crippen LogP contribution in [0.4, 0.5) is 0 Å². The Labute approximate surface area is 160 Å². The van der Waals surface area contributed by atoms with Crippen molar-refractivity contribution in [1.82, 2.24) is 15.3 Å². The van der Waals surface area contributed by atoms with Crippen LogP contribution in [0.1, 0.15) is 42.6 Å². The third-order valence-corrected chi connectivity index (χ3v) is 4.82. The minimum atomic E-state index is 0.0292. The molecule has 1 saturated carbocycles. The summed E-state index contributed by atoms with van der Waals surface area (Å²) in [5, 5.41) is 3.14. The number of benzene rings is 1. The van der Waals surface area contributed by atoms with Gasteiger partial charge in [0.1, 0.15) is 11.9 Å². The van der Waals surface area contributed by atoms with Crippen molar-refractivity contribution < 1.29 is 14.3 Å². The van der Waals surface area contributed by atoms with E-state index in [-0.39, 0.29) is 18.1 Å². The van der Waals surface area contributed by atoms with E-state index in [2.05, 4.69) is 15.3 Å². The zero-order valence-electron chi connectivity index (χ0n) is 16.2. The normalized spacial score (nSPS) is 19.4. The Kier molecular flexibility index (Phi) is 6.27. The largest absolute Gasteiger partial charge is 0.496 e. The lowest BCUT2D eigenvalue weighted by atomic mass is 9.92. The first-order valence-corrected chi connectivity index (χ1v) is 9.43. The molecule has 0 unspecified atom stereocenters. The molecule has 2 aromatic rings. The molecule has 27 heavy (non-hydrogen) atoms. The highest BCUT2D eigenvalue weighted by Crippen LogP contribution is 2.23. The van der Waals surface area contributed by atoms with Crippen molar-refractivity contribution in [3.05, 3.63) is 47.3 Å². The second-order valence-electron chi connectivity index (χ2n) is 7.08. The van der Waals surface area contributed by atoms with Crippen molar-refractivity contribution in [2.45, 2.75) is 58.1 Å². The Morgan fingerprint density at radius 1 is 1.11 bits per heavy atom. The number of carbonyl (C=O) groups is 1. The SMILES string of the molecule is COc1ccccc1CC(=O)NC1CCC(Oc2nc(C)cc(C)n2)CC1. The average Bonchev–Trinajstić information content (AvgIpc) is 2.63. The van der Waals surface area contributed by atoms with Crippen LogP contribution in [0.5, 0.6) is 11.8 Å². The van der Waals surface area contributed by atoms with Crippen LogP contribution >= 0.6 is 0 Å². The number of hydrogen-bond acceptors (Lipinski definition) is 5. The van der Waals surface area contributed by atoms with Crippen LogP contribution in [0.15, 0.2) is 30.3 Å². The quantitative estimate of drug-likeness (QED) is 0.847. The Morgan fingerprint density at radius 2 is 1.78 bits per heavy atom. The summed E-state index contributed by atoms with van der Waals surface area (Å²) in [6, 6.07) is 10.2. The minimum absolute atomic E-state index is 0.0292. The summed E-state index contributed by atoms with van der Waals surface area (Å²) in [6.07, 6.45) is 4.00. The molecule has 1 aromatic carbocycles. The van der Waals surface area contributed by atoms with Crippen LogP contribution in [0.3, 0.4) is 0 Å². The lowest BCUT2D eigenvalue weighted by molar-refractivity contribution is -0.121. The van der Waals surface area contributed by atoms with Crippen molar-refractivity contribution in [3.63, 3.8) is 0 Å². The second kappa shape index (κ2) is 8.84. The third-order valence-electron chi connectivity index (χ3n) is 4.82. The Hall–Kier alpha value is -2.63. The minimum Gasteiger partial charge on any atom is -0.496 e. The van der Waals surface area contributed by atoms with Crippen LogP contribution < -0.4 is 14.8 Å². The molecule has 0 aliphatic heterocycles. The summed E-state index contributed by atoms with van der Waals surface area (Å²) >= 11 is 0. The van der Waals surface area contributed by atoms with Gasteiger partial charge in [0.2, 0.25) is 5.91 Å². The monoisotopic (exact) mass is 369 g/mol. The zero-order valence-corrected chi connectivity index (χ0v) is 16.2. The van der Waals surface area contributed by atoms with Gasteiger partial charge in [0.15, 0.2) is 0 Å². The van der Waals surface area contributed by atoms with E-state index in [9.17, 15) is 4.79 Å². The van der Waals surface area contributed by atoms with Gasteiger partial charge in [0.05, 0.1) is 13.5 Å². The number of carbonyl (C=O) groups excluding carboxylic acids is 1. The fourth-order valence-electron chi connectivity index (χ4n) is 3.52. The number of methoxy groups -OCH3 is 1. The van der Waals surface area contributed by atoms with Crippen molar-refractivity contribution in [1.29, 1.82) is 0 Å². The molecular formula is C21H27N3O3. The predicted octanol–water partition coefficient (Wildman–Crippen LogP) is 3.15. The van der Waals surface area contributed by atoms with Gasteiger partial charge in [-0.3, -0.25) is 4.79 Å². The Bertz CT molecular complexity index is 766. The van der Waals surface area contributed by atoms with E-state index in [1.54, 1.807) is 7.11 Å². The summed E-state index contributed by atoms with van der Waals surface area (Å²) < 4.78 is 11.3. The number of aryl methyl sites for hydroxylation is 2. The predicted molar refractivity (Wildman–Crippen MR) is 103 cm³/mol. The molecule has 1 aliphatic carbocycles. The topological polar surface area (TPSA) is 73.3 Å². The molecule has 1 fully saturated rings. The molecule has 1 amide bonds. The van der Waals surface area contributed by atoms with Gasteiger partial charge in [-0.15, -0.1) is 0 Å². The van der Waals surface area contributed by atoms with Gasteiger partial charge in [0, 0.05) is 23.0 Å². The van der Waals surface area contributed by atoms with E-state index in [1.165, 1.54) is 0 Å². The highest BCUT2D eigenvalue weighted by molar-refractivity contribution is 5.79. The zero-order chi connectivity index (χ0) is 19.2. The number of nitrogens with one attached hydrogen (secondary N) is 1. The van der Waals surface area contributed by atoms with Gasteiger partial charge in [-0.1, -0.05) is 18.2 Å². The van der Waals surface area contributed by atoms with Crippen LogP contribution in [-0.4, -0.2) is 35.1 Å². The first kappa shape index (κ1) is 19.1. The summed E-state index contributed by atoms with van der Waals surface area (Å²) in [6.45, 7) is 3.88. The summed E-state index contributed by atoms with van der Waals surface area (Å²) in [5.74, 6) is 0.778. The van der Waals surface area contributed by atoms with Crippen molar-refractivity contribution >= 4 is 5.91 Å². The molecule has 3 rings (SSSR count). The molecule has 1 aromatic heterocycles. The molecule has 144 valence electrons. The molecule has 0 radical (unpaired) electrons. The van der Waals surface area contributed by atoms with E-state index in [0.717, 1.165) is 48.4 Å². The molecule has 0 bridgehead atoms. The van der Waals surface area contributed by atoms with Crippen molar-refractivity contribution in [2.75, 3.05) is 7.11 Å². The van der Waals surface area contributed by atoms with Gasteiger partial charge in [0.25, 0.3) is 0 Å². The number of hydrogen-bond donors (Lipinski definition) is 1. The maximum Gasteiger partial charge on any atom is 0.317 e. The fourth-order valence-corrected chi connectivity index (χ4v) is 3.52. The summed E-state index contributed by atoms with van der Waals surface area (Å²) in [5.41, 5.74) is 2.73. The molecular weight excluding hydrogens is 342 g/mol. The average molecular weight is 369 g/mol. The molecule has 0 spiro atoms. The smallest absolute Gasteiger partial charge is 0.317 e. The number of nitrogens with zero attached hydrogens (tertiary/aromatic N) is 2. The van der Waals surface area contributed by atoms with Crippen LogP contribution in [0.25, 0.3) is 0 Å². The molecule has 1 heterocycles. The summed E-state index contributed by atoms with van der Waals surface area (Å²) in [7, 11) is 1.62. The van der Waals surface area contributed by atoms with Gasteiger partial charge >= 0.3 is 6.01 Å². The summed E-state index contributed by atoms with van der Waals surface area (Å²) in [4.78, 5) is 21.1. The number of para-hydroxylation sites is 1. The Balaban J connectivity index is 1.47.